The molecule has 0 aromatic heterocycles. The van der Waals surface area contributed by atoms with Crippen molar-refractivity contribution in [1.82, 2.24) is 0 Å². The number of carbonyl (C=O) groups excluding carboxylic acids is 1. The summed E-state index contributed by atoms with van der Waals surface area (Å²) in [5.74, 6) is 0. The zero-order chi connectivity index (χ0) is 13.1. The summed E-state index contributed by atoms with van der Waals surface area (Å²) in [5.41, 5.74) is 6.67. The van der Waals surface area contributed by atoms with Crippen molar-refractivity contribution < 1.29 is 19.0 Å². The number of hydrogen-bond donors (Lipinski definition) is 1. The van der Waals surface area contributed by atoms with Gasteiger partial charge in [0.2, 0.25) is 0 Å². The Labute approximate surface area is 106 Å². The van der Waals surface area contributed by atoms with E-state index in [-0.39, 0.29) is 18.8 Å². The van der Waals surface area contributed by atoms with Crippen LogP contribution in [0.15, 0.2) is 24.3 Å². The molecule has 1 saturated heterocycles. The monoisotopic (exact) mass is 251 g/mol. The summed E-state index contributed by atoms with van der Waals surface area (Å²) in [6, 6.07) is 7.52. The average Bonchev–Trinajstić information content (AvgIpc) is 2.67. The molecule has 0 radical (unpaired) electrons. The van der Waals surface area contributed by atoms with Crippen molar-refractivity contribution >= 4 is 6.09 Å². The highest BCUT2D eigenvalue weighted by atomic mass is 16.7. The third-order valence-corrected chi connectivity index (χ3v) is 3.02. The lowest BCUT2D eigenvalue weighted by atomic mass is 10.1. The number of amides is 1. The van der Waals surface area contributed by atoms with Crippen molar-refractivity contribution in [2.45, 2.75) is 39.0 Å². The fraction of sp³-hybridized carbons (Fsp3) is 0.462. The molecule has 1 aromatic carbocycles. The molecular formula is C13H17NO4. The van der Waals surface area contributed by atoms with E-state index in [4.69, 9.17) is 19.9 Å². The van der Waals surface area contributed by atoms with Crippen molar-refractivity contribution in [3.05, 3.63) is 35.4 Å². The van der Waals surface area contributed by atoms with Gasteiger partial charge in [-0.25, -0.2) is 4.79 Å². The minimum Gasteiger partial charge on any atom is -0.445 e. The van der Waals surface area contributed by atoms with E-state index in [0.717, 1.165) is 11.1 Å². The highest BCUT2D eigenvalue weighted by Crippen LogP contribution is 2.32. The molecule has 1 aliphatic rings. The number of rotatable bonds is 3. The number of benzene rings is 1. The fourth-order valence-electron chi connectivity index (χ4n) is 1.83. The first-order chi connectivity index (χ1) is 8.58. The van der Waals surface area contributed by atoms with E-state index in [1.54, 1.807) is 0 Å². The zero-order valence-corrected chi connectivity index (χ0v) is 10.5. The van der Waals surface area contributed by atoms with Gasteiger partial charge in [0.25, 0.3) is 0 Å². The van der Waals surface area contributed by atoms with Crippen LogP contribution in [0.3, 0.4) is 0 Å². The number of nitrogens with two attached hydrogens (primary N) is 1. The van der Waals surface area contributed by atoms with Gasteiger partial charge in [-0.2, -0.15) is 0 Å². The van der Waals surface area contributed by atoms with Crippen molar-refractivity contribution in [2.75, 3.05) is 0 Å². The molecule has 0 aliphatic carbocycles. The molecule has 1 aromatic rings. The highest BCUT2D eigenvalue weighted by molar-refractivity contribution is 5.64. The molecule has 1 fully saturated rings. The molecule has 18 heavy (non-hydrogen) atoms. The van der Waals surface area contributed by atoms with Crippen LogP contribution >= 0.6 is 0 Å². The normalized spacial score (nSPS) is 27.1. The largest absolute Gasteiger partial charge is 0.445 e. The third kappa shape index (κ3) is 2.80. The van der Waals surface area contributed by atoms with Crippen LogP contribution in [0.25, 0.3) is 0 Å². The van der Waals surface area contributed by atoms with E-state index in [9.17, 15) is 4.79 Å². The van der Waals surface area contributed by atoms with Gasteiger partial charge in [0, 0.05) is 5.56 Å². The summed E-state index contributed by atoms with van der Waals surface area (Å²) >= 11 is 0. The molecule has 5 heteroatoms. The maximum absolute atomic E-state index is 10.6. The van der Waals surface area contributed by atoms with Crippen molar-refractivity contribution in [2.24, 2.45) is 5.73 Å². The standard InChI is InChI=1S/C13H17NO4/c1-8-9(2)18-12(17-8)11-6-4-3-5-10(11)7-16-13(14)15/h3-6,8-9,12H,7H2,1-2H3,(H2,14,15). The first kappa shape index (κ1) is 12.9. The van der Waals surface area contributed by atoms with Gasteiger partial charge in [0.05, 0.1) is 12.2 Å². The summed E-state index contributed by atoms with van der Waals surface area (Å²) in [6.07, 6.45) is -1.12. The van der Waals surface area contributed by atoms with E-state index in [1.807, 2.05) is 38.1 Å². The van der Waals surface area contributed by atoms with Gasteiger partial charge in [-0.15, -0.1) is 0 Å². The minimum absolute atomic E-state index is 0.0418. The molecule has 98 valence electrons. The zero-order valence-electron chi connectivity index (χ0n) is 10.5. The maximum atomic E-state index is 10.6. The molecule has 2 unspecified atom stereocenters. The minimum atomic E-state index is -0.792. The Morgan fingerprint density at radius 1 is 1.28 bits per heavy atom. The highest BCUT2D eigenvalue weighted by Gasteiger charge is 2.31. The predicted octanol–water partition coefficient (Wildman–Crippen LogP) is 2.10. The molecule has 2 rings (SSSR count). The Morgan fingerprint density at radius 3 is 2.50 bits per heavy atom. The van der Waals surface area contributed by atoms with Crippen molar-refractivity contribution in [3.63, 3.8) is 0 Å². The second-order valence-corrected chi connectivity index (χ2v) is 4.32. The summed E-state index contributed by atoms with van der Waals surface area (Å²) in [7, 11) is 0. The number of ether oxygens (including phenoxy) is 3. The topological polar surface area (TPSA) is 70.8 Å². The summed E-state index contributed by atoms with van der Waals surface area (Å²) in [5, 5.41) is 0. The Kier molecular flexibility index (Phi) is 3.84. The summed E-state index contributed by atoms with van der Waals surface area (Å²) < 4.78 is 16.2. The molecule has 0 bridgehead atoms. The van der Waals surface area contributed by atoms with Crippen LogP contribution in [0.1, 0.15) is 31.3 Å². The van der Waals surface area contributed by atoms with Crippen LogP contribution in [0.4, 0.5) is 4.79 Å². The Bertz CT molecular complexity index is 425. The van der Waals surface area contributed by atoms with E-state index >= 15 is 0 Å². The smallest absolute Gasteiger partial charge is 0.404 e. The SMILES string of the molecule is CC1OC(c2ccccc2COC(N)=O)OC1C. The Balaban J connectivity index is 2.15. The van der Waals surface area contributed by atoms with Crippen LogP contribution in [0.5, 0.6) is 0 Å². The fourth-order valence-corrected chi connectivity index (χ4v) is 1.83. The van der Waals surface area contributed by atoms with E-state index in [2.05, 4.69) is 0 Å². The molecule has 0 spiro atoms. The number of primary amides is 1. The number of carbonyl (C=O) groups is 1. The molecule has 2 atom stereocenters. The van der Waals surface area contributed by atoms with Gasteiger partial charge in [-0.3, -0.25) is 0 Å². The van der Waals surface area contributed by atoms with E-state index in [1.165, 1.54) is 0 Å². The lowest BCUT2D eigenvalue weighted by Gasteiger charge is -2.14. The molecule has 5 nitrogen and oxygen atoms in total. The van der Waals surface area contributed by atoms with Gasteiger partial charge in [0.1, 0.15) is 6.61 Å². The van der Waals surface area contributed by atoms with Gasteiger partial charge in [-0.05, 0) is 19.4 Å². The quantitative estimate of drug-likeness (QED) is 0.893. The van der Waals surface area contributed by atoms with Crippen LogP contribution in [0.2, 0.25) is 0 Å². The van der Waals surface area contributed by atoms with Crippen LogP contribution in [0, 0.1) is 0 Å². The maximum Gasteiger partial charge on any atom is 0.404 e. The van der Waals surface area contributed by atoms with E-state index in [0.29, 0.717) is 0 Å². The van der Waals surface area contributed by atoms with Crippen LogP contribution in [-0.2, 0) is 20.8 Å². The van der Waals surface area contributed by atoms with Crippen molar-refractivity contribution in [1.29, 1.82) is 0 Å². The Morgan fingerprint density at radius 2 is 1.89 bits per heavy atom. The summed E-state index contributed by atoms with van der Waals surface area (Å²) in [4.78, 5) is 10.6. The number of hydrogen-bond acceptors (Lipinski definition) is 4. The second kappa shape index (κ2) is 5.37. The lowest BCUT2D eigenvalue weighted by Crippen LogP contribution is -2.14. The van der Waals surface area contributed by atoms with Crippen LogP contribution in [-0.4, -0.2) is 18.3 Å². The Hall–Kier alpha value is -1.59. The molecule has 0 saturated carbocycles. The molecular weight excluding hydrogens is 234 g/mol. The molecule has 1 aliphatic heterocycles. The predicted molar refractivity (Wildman–Crippen MR) is 64.6 cm³/mol. The lowest BCUT2D eigenvalue weighted by molar-refractivity contribution is -0.0663. The summed E-state index contributed by atoms with van der Waals surface area (Å²) in [6.45, 7) is 4.05. The van der Waals surface area contributed by atoms with Gasteiger partial charge in [-0.1, -0.05) is 24.3 Å². The van der Waals surface area contributed by atoms with Gasteiger partial charge < -0.3 is 19.9 Å². The molecule has 2 N–H and O–H groups in total. The van der Waals surface area contributed by atoms with Crippen molar-refractivity contribution in [3.8, 4) is 0 Å². The van der Waals surface area contributed by atoms with Gasteiger partial charge >= 0.3 is 6.09 Å². The molecule has 1 heterocycles. The third-order valence-electron chi connectivity index (χ3n) is 3.02. The van der Waals surface area contributed by atoms with Gasteiger partial charge in [0.15, 0.2) is 6.29 Å². The second-order valence-electron chi connectivity index (χ2n) is 4.32. The first-order valence-corrected chi connectivity index (χ1v) is 5.89. The molecule has 1 amide bonds. The van der Waals surface area contributed by atoms with E-state index < -0.39 is 12.4 Å². The van der Waals surface area contributed by atoms with Crippen LogP contribution < -0.4 is 5.73 Å². The first-order valence-electron chi connectivity index (χ1n) is 5.89. The average molecular weight is 251 g/mol.